The Balaban J connectivity index is 1.72. The third-order valence-electron chi connectivity index (χ3n) is 4.19. The summed E-state index contributed by atoms with van der Waals surface area (Å²) in [5.74, 6) is -3.38. The van der Waals surface area contributed by atoms with Gasteiger partial charge < -0.3 is 14.6 Å². The Morgan fingerprint density at radius 1 is 1.27 bits per heavy atom. The third-order valence-corrected chi connectivity index (χ3v) is 4.19. The van der Waals surface area contributed by atoms with Gasteiger partial charge in [0.1, 0.15) is 11.9 Å². The molecule has 1 fully saturated rings. The van der Waals surface area contributed by atoms with Crippen LogP contribution in [0.1, 0.15) is 48.3 Å². The van der Waals surface area contributed by atoms with Crippen LogP contribution in [0.2, 0.25) is 0 Å². The summed E-state index contributed by atoms with van der Waals surface area (Å²) >= 11 is 0. The molecular weight excluding hydrogens is 344 g/mol. The van der Waals surface area contributed by atoms with Crippen molar-refractivity contribution in [2.24, 2.45) is 5.92 Å². The van der Waals surface area contributed by atoms with Crippen molar-refractivity contribution in [3.63, 3.8) is 0 Å². The molecule has 26 heavy (non-hydrogen) atoms. The molecule has 138 valence electrons. The number of halogens is 2. The quantitative estimate of drug-likeness (QED) is 0.754. The summed E-state index contributed by atoms with van der Waals surface area (Å²) in [5.41, 5.74) is -0.188. The van der Waals surface area contributed by atoms with Crippen molar-refractivity contribution in [1.29, 1.82) is 0 Å². The van der Waals surface area contributed by atoms with Crippen LogP contribution < -0.4 is 9.47 Å². The number of nitrogens with zero attached hydrogens (tertiary/aromatic N) is 1. The summed E-state index contributed by atoms with van der Waals surface area (Å²) in [6.45, 7) is 2.50. The van der Waals surface area contributed by atoms with E-state index in [0.717, 1.165) is 12.1 Å². The van der Waals surface area contributed by atoms with E-state index in [0.29, 0.717) is 30.4 Å². The van der Waals surface area contributed by atoms with Gasteiger partial charge in [0.15, 0.2) is 11.6 Å². The van der Waals surface area contributed by atoms with E-state index in [9.17, 15) is 13.6 Å². The van der Waals surface area contributed by atoms with Gasteiger partial charge in [0.05, 0.1) is 24.1 Å². The first-order valence-electron chi connectivity index (χ1n) is 8.46. The van der Waals surface area contributed by atoms with Crippen molar-refractivity contribution < 1.29 is 28.2 Å². The van der Waals surface area contributed by atoms with E-state index < -0.39 is 29.3 Å². The summed E-state index contributed by atoms with van der Waals surface area (Å²) in [5, 5.41) is 8.83. The molecule has 7 heteroatoms. The molecule has 3 rings (SSSR count). The maximum absolute atomic E-state index is 14.1. The van der Waals surface area contributed by atoms with E-state index in [1.54, 1.807) is 18.3 Å². The van der Waals surface area contributed by atoms with E-state index in [-0.39, 0.29) is 5.75 Å². The number of carboxylic acids is 1. The van der Waals surface area contributed by atoms with E-state index >= 15 is 0 Å². The second-order valence-corrected chi connectivity index (χ2v) is 6.23. The van der Waals surface area contributed by atoms with Gasteiger partial charge in [0.2, 0.25) is 5.82 Å². The van der Waals surface area contributed by atoms with Gasteiger partial charge in [0.25, 0.3) is 0 Å². The molecule has 1 aliphatic carbocycles. The monoisotopic (exact) mass is 363 g/mol. The van der Waals surface area contributed by atoms with Gasteiger partial charge in [-0.2, -0.15) is 4.39 Å². The molecule has 1 atom stereocenters. The van der Waals surface area contributed by atoms with Gasteiger partial charge in [-0.1, -0.05) is 6.92 Å². The molecule has 5 nitrogen and oxygen atoms in total. The van der Waals surface area contributed by atoms with E-state index in [1.807, 2.05) is 6.92 Å². The van der Waals surface area contributed by atoms with Crippen LogP contribution in [0.15, 0.2) is 30.5 Å². The van der Waals surface area contributed by atoms with Gasteiger partial charge in [0, 0.05) is 0 Å². The van der Waals surface area contributed by atoms with Crippen LogP contribution in [0, 0.1) is 17.6 Å². The van der Waals surface area contributed by atoms with Gasteiger partial charge in [-0.05, 0) is 49.4 Å². The average molecular weight is 363 g/mol. The Bertz CT molecular complexity index is 791. The van der Waals surface area contributed by atoms with Crippen LogP contribution in [-0.4, -0.2) is 22.7 Å². The molecule has 0 unspecified atom stereocenters. The fraction of sp³-hybridized carbons (Fsp3) is 0.368. The fourth-order valence-corrected chi connectivity index (χ4v) is 2.46. The molecule has 1 heterocycles. The zero-order chi connectivity index (χ0) is 18.7. The van der Waals surface area contributed by atoms with Crippen LogP contribution in [0.3, 0.4) is 0 Å². The highest BCUT2D eigenvalue weighted by atomic mass is 19.2. The molecule has 0 radical (unpaired) electrons. The molecule has 0 saturated heterocycles. The summed E-state index contributed by atoms with van der Waals surface area (Å²) in [4.78, 5) is 15.1. The second kappa shape index (κ2) is 7.68. The third kappa shape index (κ3) is 4.09. The molecule has 1 aromatic heterocycles. The first-order chi connectivity index (χ1) is 12.5. The number of hydrogen-bond acceptors (Lipinski definition) is 4. The Labute approximate surface area is 149 Å². The topological polar surface area (TPSA) is 68.7 Å². The SMILES string of the molecule is CC[C@@H](Oc1ccc(C(=O)O)c(F)c1F)c1ccc(OCC2CC2)cn1. The summed E-state index contributed by atoms with van der Waals surface area (Å²) in [6, 6.07) is 5.57. The fourth-order valence-electron chi connectivity index (χ4n) is 2.46. The number of hydrogen-bond donors (Lipinski definition) is 1. The molecule has 2 aromatic rings. The minimum absolute atomic E-state index is 0.352. The normalized spacial score (nSPS) is 14.7. The van der Waals surface area contributed by atoms with Crippen molar-refractivity contribution in [1.82, 2.24) is 4.98 Å². The molecule has 1 aliphatic rings. The number of benzene rings is 1. The highest BCUT2D eigenvalue weighted by Crippen LogP contribution is 2.31. The van der Waals surface area contributed by atoms with Crippen molar-refractivity contribution in [3.8, 4) is 11.5 Å². The first kappa shape index (κ1) is 18.1. The molecule has 0 amide bonds. The molecule has 1 saturated carbocycles. The largest absolute Gasteiger partial charge is 0.492 e. The van der Waals surface area contributed by atoms with E-state index in [4.69, 9.17) is 14.6 Å². The van der Waals surface area contributed by atoms with Crippen molar-refractivity contribution in [3.05, 3.63) is 53.4 Å². The lowest BCUT2D eigenvalue weighted by Crippen LogP contribution is -2.11. The van der Waals surface area contributed by atoms with Crippen LogP contribution in [-0.2, 0) is 0 Å². The van der Waals surface area contributed by atoms with Crippen LogP contribution in [0.4, 0.5) is 8.78 Å². The number of carbonyl (C=O) groups is 1. The summed E-state index contributed by atoms with van der Waals surface area (Å²) in [6.07, 6.45) is 3.84. The minimum Gasteiger partial charge on any atom is -0.492 e. The first-order valence-corrected chi connectivity index (χ1v) is 8.46. The van der Waals surface area contributed by atoms with Crippen LogP contribution >= 0.6 is 0 Å². The molecule has 1 N–H and O–H groups in total. The average Bonchev–Trinajstić information content (AvgIpc) is 3.46. The summed E-state index contributed by atoms with van der Waals surface area (Å²) in [7, 11) is 0. The molecule has 0 bridgehead atoms. The van der Waals surface area contributed by atoms with Gasteiger partial charge in [-0.25, -0.2) is 9.18 Å². The van der Waals surface area contributed by atoms with Crippen LogP contribution in [0.5, 0.6) is 11.5 Å². The number of rotatable bonds is 8. The number of carboxylic acid groups (broad SMARTS) is 1. The smallest absolute Gasteiger partial charge is 0.338 e. The van der Waals surface area contributed by atoms with Crippen molar-refractivity contribution >= 4 is 5.97 Å². The Morgan fingerprint density at radius 3 is 2.62 bits per heavy atom. The number of pyridine rings is 1. The number of aromatic carboxylic acids is 1. The lowest BCUT2D eigenvalue weighted by molar-refractivity contribution is 0.0690. The van der Waals surface area contributed by atoms with Crippen molar-refractivity contribution in [2.75, 3.05) is 6.61 Å². The molecular formula is C19H19F2NO4. The Hall–Kier alpha value is -2.70. The lowest BCUT2D eigenvalue weighted by atomic mass is 10.1. The Morgan fingerprint density at radius 2 is 2.04 bits per heavy atom. The second-order valence-electron chi connectivity index (χ2n) is 6.23. The Kier molecular flexibility index (Phi) is 5.35. The van der Waals surface area contributed by atoms with Gasteiger partial charge in [-0.15, -0.1) is 0 Å². The predicted molar refractivity (Wildman–Crippen MR) is 89.4 cm³/mol. The van der Waals surface area contributed by atoms with Crippen LogP contribution in [0.25, 0.3) is 0 Å². The highest BCUT2D eigenvalue weighted by molar-refractivity contribution is 5.88. The zero-order valence-electron chi connectivity index (χ0n) is 14.2. The summed E-state index contributed by atoms with van der Waals surface area (Å²) < 4.78 is 39.0. The van der Waals surface area contributed by atoms with Gasteiger partial charge in [-0.3, -0.25) is 4.98 Å². The minimum atomic E-state index is -1.54. The molecule has 0 spiro atoms. The van der Waals surface area contributed by atoms with Gasteiger partial charge >= 0.3 is 5.97 Å². The van der Waals surface area contributed by atoms with E-state index in [2.05, 4.69) is 4.98 Å². The maximum atomic E-state index is 14.1. The van der Waals surface area contributed by atoms with E-state index in [1.165, 1.54) is 12.8 Å². The molecule has 0 aliphatic heterocycles. The molecule has 1 aromatic carbocycles. The lowest BCUT2D eigenvalue weighted by Gasteiger charge is -2.18. The zero-order valence-corrected chi connectivity index (χ0v) is 14.2. The highest BCUT2D eigenvalue weighted by Gasteiger charge is 2.23. The maximum Gasteiger partial charge on any atom is 0.338 e. The standard InChI is InChI=1S/C19H19F2NO4/c1-2-15(14-7-5-12(9-22-14)25-10-11-3-4-11)26-16-8-6-13(19(23)24)17(20)18(16)21/h5-9,11,15H,2-4,10H2,1H3,(H,23,24)/t15-/m1/s1. The number of ether oxygens (including phenoxy) is 2. The number of aromatic nitrogens is 1. The predicted octanol–water partition coefficient (Wildman–Crippen LogP) is 4.38. The van der Waals surface area contributed by atoms with Crippen molar-refractivity contribution in [2.45, 2.75) is 32.3 Å².